The van der Waals surface area contributed by atoms with Gasteiger partial charge in [-0.2, -0.15) is 0 Å². The van der Waals surface area contributed by atoms with E-state index in [1.54, 1.807) is 0 Å². The highest BCUT2D eigenvalue weighted by atomic mass is 79.9. The minimum absolute atomic E-state index is 0.335. The zero-order chi connectivity index (χ0) is 8.69. The molecule has 0 aliphatic carbocycles. The van der Waals surface area contributed by atoms with Crippen LogP contribution in [-0.4, -0.2) is 36.4 Å². The number of hydrogen-bond donors (Lipinski definition) is 1. The first kappa shape index (κ1) is 10.9. The number of carbonyl (C=O) groups is 1. The Kier molecular flexibility index (Phi) is 6.49. The first-order valence-electron chi connectivity index (χ1n) is 3.16. The van der Waals surface area contributed by atoms with Crippen LogP contribution in [-0.2, 0) is 14.3 Å². The lowest BCUT2D eigenvalue weighted by Crippen LogP contribution is -2.25. The van der Waals surface area contributed by atoms with Crippen LogP contribution in [0.25, 0.3) is 0 Å². The third kappa shape index (κ3) is 5.17. The molecule has 0 saturated carbocycles. The van der Waals surface area contributed by atoms with Crippen LogP contribution in [0.1, 0.15) is 6.42 Å². The standard InChI is InChI=1S/C6H11BrO4/c1-10-5(8)6(9)11-4-2-3-7/h6,9H,2-4H2,1H3/t6-/m1/s1. The normalized spacial score (nSPS) is 12.6. The lowest BCUT2D eigenvalue weighted by Gasteiger charge is -2.07. The van der Waals surface area contributed by atoms with Gasteiger partial charge in [0.2, 0.25) is 0 Å². The molecule has 0 aliphatic heterocycles. The molecule has 0 aromatic heterocycles. The number of ether oxygens (including phenoxy) is 2. The zero-order valence-electron chi connectivity index (χ0n) is 6.25. The van der Waals surface area contributed by atoms with E-state index in [2.05, 4.69) is 25.4 Å². The van der Waals surface area contributed by atoms with Gasteiger partial charge in [-0.1, -0.05) is 15.9 Å². The summed E-state index contributed by atoms with van der Waals surface area (Å²) in [5, 5.41) is 9.61. The molecule has 66 valence electrons. The number of halogens is 1. The minimum Gasteiger partial charge on any atom is -0.465 e. The number of rotatable bonds is 5. The van der Waals surface area contributed by atoms with E-state index in [1.807, 2.05) is 0 Å². The summed E-state index contributed by atoms with van der Waals surface area (Å²) in [6.45, 7) is 0.335. The number of aliphatic hydroxyl groups excluding tert-OH is 1. The lowest BCUT2D eigenvalue weighted by atomic mass is 10.5. The second-order valence-corrected chi connectivity index (χ2v) is 2.58. The molecule has 1 atom stereocenters. The number of hydrogen-bond acceptors (Lipinski definition) is 4. The quantitative estimate of drug-likeness (QED) is 0.317. The van der Waals surface area contributed by atoms with Crippen LogP contribution in [0.2, 0.25) is 0 Å². The van der Waals surface area contributed by atoms with Crippen molar-refractivity contribution in [1.29, 1.82) is 0 Å². The molecule has 0 radical (unpaired) electrons. The van der Waals surface area contributed by atoms with Crippen LogP contribution in [0.15, 0.2) is 0 Å². The van der Waals surface area contributed by atoms with Crippen molar-refractivity contribution in [3.8, 4) is 0 Å². The van der Waals surface area contributed by atoms with Crippen molar-refractivity contribution in [1.82, 2.24) is 0 Å². The van der Waals surface area contributed by atoms with Crippen molar-refractivity contribution < 1.29 is 19.4 Å². The largest absolute Gasteiger partial charge is 0.465 e. The monoisotopic (exact) mass is 226 g/mol. The zero-order valence-corrected chi connectivity index (χ0v) is 7.83. The summed E-state index contributed by atoms with van der Waals surface area (Å²) < 4.78 is 8.90. The van der Waals surface area contributed by atoms with E-state index in [9.17, 15) is 4.79 Å². The van der Waals surface area contributed by atoms with Crippen molar-refractivity contribution in [2.75, 3.05) is 19.0 Å². The van der Waals surface area contributed by atoms with Crippen LogP contribution >= 0.6 is 15.9 Å². The van der Waals surface area contributed by atoms with Gasteiger partial charge in [-0.3, -0.25) is 0 Å². The van der Waals surface area contributed by atoms with E-state index in [4.69, 9.17) is 5.11 Å². The second-order valence-electron chi connectivity index (χ2n) is 1.79. The van der Waals surface area contributed by atoms with Gasteiger partial charge >= 0.3 is 5.97 Å². The van der Waals surface area contributed by atoms with E-state index in [1.165, 1.54) is 7.11 Å². The third-order valence-corrected chi connectivity index (χ3v) is 1.52. The average molecular weight is 227 g/mol. The fraction of sp³-hybridized carbons (Fsp3) is 0.833. The predicted molar refractivity (Wildman–Crippen MR) is 42.4 cm³/mol. The molecule has 0 spiro atoms. The smallest absolute Gasteiger partial charge is 0.363 e. The Morgan fingerprint density at radius 1 is 1.73 bits per heavy atom. The molecule has 0 bridgehead atoms. The maximum atomic E-state index is 10.5. The molecule has 5 heteroatoms. The van der Waals surface area contributed by atoms with Gasteiger partial charge in [0.25, 0.3) is 6.29 Å². The first-order chi connectivity index (χ1) is 5.22. The van der Waals surface area contributed by atoms with Gasteiger partial charge in [0.15, 0.2) is 0 Å². The molecule has 0 fully saturated rings. The number of alkyl halides is 1. The van der Waals surface area contributed by atoms with Crippen LogP contribution in [0.3, 0.4) is 0 Å². The first-order valence-corrected chi connectivity index (χ1v) is 4.28. The van der Waals surface area contributed by atoms with Gasteiger partial charge in [-0.25, -0.2) is 4.79 Å². The molecular weight excluding hydrogens is 216 g/mol. The van der Waals surface area contributed by atoms with Crippen molar-refractivity contribution >= 4 is 21.9 Å². The molecule has 0 amide bonds. The van der Waals surface area contributed by atoms with Crippen LogP contribution in [0.5, 0.6) is 0 Å². The summed E-state index contributed by atoms with van der Waals surface area (Å²) in [4.78, 5) is 10.5. The van der Waals surface area contributed by atoms with E-state index in [-0.39, 0.29) is 0 Å². The molecule has 0 saturated heterocycles. The highest BCUT2D eigenvalue weighted by Gasteiger charge is 2.14. The molecule has 0 aromatic carbocycles. The number of methoxy groups -OCH3 is 1. The molecular formula is C6H11BrO4. The van der Waals surface area contributed by atoms with Crippen LogP contribution in [0, 0.1) is 0 Å². The number of carbonyl (C=O) groups excluding carboxylic acids is 1. The van der Waals surface area contributed by atoms with Gasteiger partial charge in [0.1, 0.15) is 0 Å². The summed E-state index contributed by atoms with van der Waals surface area (Å²) >= 11 is 3.18. The van der Waals surface area contributed by atoms with E-state index < -0.39 is 12.3 Å². The highest BCUT2D eigenvalue weighted by Crippen LogP contribution is 1.94. The second kappa shape index (κ2) is 6.57. The van der Waals surface area contributed by atoms with Crippen LogP contribution in [0.4, 0.5) is 0 Å². The van der Waals surface area contributed by atoms with Gasteiger partial charge < -0.3 is 14.6 Å². The maximum absolute atomic E-state index is 10.5. The van der Waals surface area contributed by atoms with Crippen molar-refractivity contribution in [3.63, 3.8) is 0 Å². The maximum Gasteiger partial charge on any atom is 0.363 e. The molecule has 11 heavy (non-hydrogen) atoms. The molecule has 0 unspecified atom stereocenters. The minimum atomic E-state index is -1.45. The lowest BCUT2D eigenvalue weighted by molar-refractivity contribution is -0.179. The summed E-state index contributed by atoms with van der Waals surface area (Å²) in [6.07, 6.45) is -0.701. The molecule has 0 aromatic rings. The Morgan fingerprint density at radius 2 is 2.36 bits per heavy atom. The summed E-state index contributed by atoms with van der Waals surface area (Å²) in [7, 11) is 1.19. The molecule has 0 rings (SSSR count). The Hall–Kier alpha value is -0.130. The SMILES string of the molecule is COC(=O)[C@H](O)OCCCBr. The van der Waals surface area contributed by atoms with Gasteiger partial charge in [-0.05, 0) is 6.42 Å². The van der Waals surface area contributed by atoms with Crippen molar-refractivity contribution in [2.45, 2.75) is 12.7 Å². The van der Waals surface area contributed by atoms with Gasteiger partial charge in [-0.15, -0.1) is 0 Å². The number of esters is 1. The Morgan fingerprint density at radius 3 is 2.82 bits per heavy atom. The van der Waals surface area contributed by atoms with Crippen molar-refractivity contribution in [3.05, 3.63) is 0 Å². The fourth-order valence-electron chi connectivity index (χ4n) is 0.418. The third-order valence-electron chi connectivity index (χ3n) is 0.957. The fourth-order valence-corrected chi connectivity index (χ4v) is 0.647. The summed E-state index contributed by atoms with van der Waals surface area (Å²) in [5.41, 5.74) is 0. The van der Waals surface area contributed by atoms with Gasteiger partial charge in [0.05, 0.1) is 13.7 Å². The van der Waals surface area contributed by atoms with E-state index in [0.29, 0.717) is 6.61 Å². The van der Waals surface area contributed by atoms with Crippen molar-refractivity contribution in [2.24, 2.45) is 0 Å². The molecule has 0 heterocycles. The summed E-state index contributed by atoms with van der Waals surface area (Å²) in [5.74, 6) is -0.764. The Bertz CT molecular complexity index is 117. The average Bonchev–Trinajstić information content (AvgIpc) is 2.03. The van der Waals surface area contributed by atoms with Gasteiger partial charge in [0, 0.05) is 5.33 Å². The summed E-state index contributed by atoms with van der Waals surface area (Å²) in [6, 6.07) is 0. The Balaban J connectivity index is 3.36. The topological polar surface area (TPSA) is 55.8 Å². The number of aliphatic hydroxyl groups is 1. The molecule has 1 N–H and O–H groups in total. The molecule has 4 nitrogen and oxygen atoms in total. The van der Waals surface area contributed by atoms with Crippen LogP contribution < -0.4 is 0 Å². The van der Waals surface area contributed by atoms with E-state index in [0.717, 1.165) is 11.8 Å². The predicted octanol–water partition coefficient (Wildman–Crippen LogP) is 0.279. The van der Waals surface area contributed by atoms with E-state index >= 15 is 0 Å². The molecule has 0 aliphatic rings. The Labute approximate surface area is 73.6 Å². The highest BCUT2D eigenvalue weighted by molar-refractivity contribution is 9.09.